The predicted octanol–water partition coefficient (Wildman–Crippen LogP) is 2.63. The van der Waals surface area contributed by atoms with Crippen molar-refractivity contribution in [3.63, 3.8) is 0 Å². The van der Waals surface area contributed by atoms with Crippen molar-refractivity contribution < 1.29 is 33.0 Å². The van der Waals surface area contributed by atoms with E-state index < -0.39 is 62.2 Å². The molecule has 0 aliphatic carbocycles. The first kappa shape index (κ1) is 18.4. The van der Waals surface area contributed by atoms with Gasteiger partial charge in [-0.2, -0.15) is 13.2 Å². The minimum atomic E-state index is -4.71. The molecule has 0 saturated carbocycles. The van der Waals surface area contributed by atoms with Crippen molar-refractivity contribution in [2.75, 3.05) is 5.73 Å². The Hall–Kier alpha value is -2.95. The number of halogens is 3. The Morgan fingerprint density at radius 1 is 1.08 bits per heavy atom. The van der Waals surface area contributed by atoms with Gasteiger partial charge in [0.15, 0.2) is 0 Å². The van der Waals surface area contributed by atoms with E-state index in [1.165, 1.54) is 12.1 Å². The summed E-state index contributed by atoms with van der Waals surface area (Å²) in [5.41, 5.74) is -3.36. The highest BCUT2D eigenvalue weighted by molar-refractivity contribution is 8.00. The summed E-state index contributed by atoms with van der Waals surface area (Å²) in [5.74, 6) is -4.16. The molecule has 25 heavy (non-hydrogen) atoms. The number of hydrogen-bond donors (Lipinski definition) is 4. The van der Waals surface area contributed by atoms with Crippen molar-refractivity contribution in [2.24, 2.45) is 0 Å². The number of nitrogens with one attached hydrogen (secondary N) is 1. The third-order valence-electron chi connectivity index (χ3n) is 3.05. The summed E-state index contributed by atoms with van der Waals surface area (Å²) in [6, 6.07) is 4.66. The van der Waals surface area contributed by atoms with Gasteiger partial charge in [0.2, 0.25) is 0 Å². The topological polar surface area (TPSA) is 133 Å². The highest BCUT2D eigenvalue weighted by Crippen LogP contribution is 2.43. The Labute approximate surface area is 141 Å². The molecule has 0 aliphatic rings. The van der Waals surface area contributed by atoms with Gasteiger partial charge in [-0.05, 0) is 23.4 Å². The molecule has 2 rings (SSSR count). The van der Waals surface area contributed by atoms with Crippen LogP contribution in [-0.2, 0) is 0 Å². The lowest BCUT2D eigenvalue weighted by molar-refractivity contribution is -0.0328. The number of alkyl halides is 3. The van der Waals surface area contributed by atoms with Gasteiger partial charge in [0.25, 0.3) is 5.56 Å². The van der Waals surface area contributed by atoms with Crippen LogP contribution in [-0.4, -0.2) is 32.6 Å². The third kappa shape index (κ3) is 3.76. The van der Waals surface area contributed by atoms with E-state index in [9.17, 15) is 37.8 Å². The maximum absolute atomic E-state index is 12.8. The number of hydrogen-bond acceptors (Lipinski definition) is 5. The fourth-order valence-electron chi connectivity index (χ4n) is 2.20. The summed E-state index contributed by atoms with van der Waals surface area (Å²) in [5, 5.41) is 18.5. The first-order valence-corrected chi connectivity index (χ1v) is 7.22. The molecular formula is C14H9F3N2O5S. The average molecular weight is 374 g/mol. The van der Waals surface area contributed by atoms with Gasteiger partial charge < -0.3 is 20.9 Å². The lowest BCUT2D eigenvalue weighted by atomic mass is 9.95. The van der Waals surface area contributed by atoms with Crippen LogP contribution in [0.15, 0.2) is 34.0 Å². The number of benzene rings is 1. The number of nitrogens with two attached hydrogens (primary N) is 1. The minimum Gasteiger partial charge on any atom is -0.478 e. The lowest BCUT2D eigenvalue weighted by Crippen LogP contribution is -2.24. The summed E-state index contributed by atoms with van der Waals surface area (Å²) in [6.45, 7) is 0. The van der Waals surface area contributed by atoms with E-state index in [2.05, 4.69) is 0 Å². The number of pyridine rings is 1. The van der Waals surface area contributed by atoms with Gasteiger partial charge in [-0.1, -0.05) is 18.2 Å². The third-order valence-corrected chi connectivity index (χ3v) is 3.86. The second-order valence-corrected chi connectivity index (χ2v) is 5.75. The largest absolute Gasteiger partial charge is 0.478 e. The van der Waals surface area contributed by atoms with Crippen molar-refractivity contribution in [3.05, 3.63) is 45.7 Å². The van der Waals surface area contributed by atoms with E-state index in [1.54, 1.807) is 0 Å². The van der Waals surface area contributed by atoms with E-state index in [4.69, 9.17) is 5.73 Å². The molecule has 11 heteroatoms. The number of rotatable bonds is 4. The van der Waals surface area contributed by atoms with Crippen molar-refractivity contribution in [2.45, 2.75) is 10.4 Å². The minimum absolute atomic E-state index is 0.377. The number of anilines is 1. The molecule has 0 saturated heterocycles. The van der Waals surface area contributed by atoms with Crippen LogP contribution in [0.3, 0.4) is 0 Å². The lowest BCUT2D eigenvalue weighted by Gasteiger charge is -2.16. The Balaban J connectivity index is 2.95. The zero-order valence-electron chi connectivity index (χ0n) is 12.0. The van der Waals surface area contributed by atoms with Gasteiger partial charge in [0.05, 0.1) is 0 Å². The van der Waals surface area contributed by atoms with Crippen LogP contribution < -0.4 is 11.3 Å². The maximum atomic E-state index is 12.8. The Morgan fingerprint density at radius 2 is 1.64 bits per heavy atom. The standard InChI is InChI=1S/C14H9F3N2O5S/c15-14(16,17)25-6-4-2-1-3-5(6)7-8(12(21)22)10(18)19-11(20)9(7)13(23)24/h1-4H,(H,21,22)(H,23,24)(H3,18,19,20). The zero-order valence-corrected chi connectivity index (χ0v) is 12.9. The second-order valence-electron chi connectivity index (χ2n) is 4.65. The number of aromatic amines is 1. The molecule has 2 aromatic rings. The molecule has 0 bridgehead atoms. The van der Waals surface area contributed by atoms with Gasteiger partial charge in [0, 0.05) is 10.5 Å². The van der Waals surface area contributed by atoms with Crippen LogP contribution in [0.1, 0.15) is 20.7 Å². The van der Waals surface area contributed by atoms with E-state index in [0.29, 0.717) is 0 Å². The van der Waals surface area contributed by atoms with Crippen LogP contribution in [0.25, 0.3) is 11.1 Å². The normalized spacial score (nSPS) is 11.3. The number of carboxylic acids is 2. The van der Waals surface area contributed by atoms with Crippen molar-refractivity contribution >= 4 is 29.5 Å². The highest BCUT2D eigenvalue weighted by atomic mass is 32.2. The number of aromatic carboxylic acids is 2. The summed E-state index contributed by atoms with van der Waals surface area (Å²) in [7, 11) is 0. The molecule has 0 aliphatic heterocycles. The van der Waals surface area contributed by atoms with Crippen LogP contribution in [0.4, 0.5) is 19.0 Å². The molecule has 1 aromatic heterocycles. The first-order chi connectivity index (χ1) is 11.5. The number of nitrogen functional groups attached to an aromatic ring is 1. The van der Waals surface area contributed by atoms with E-state index in [0.717, 1.165) is 12.1 Å². The fraction of sp³-hybridized carbons (Fsp3) is 0.0714. The predicted molar refractivity (Wildman–Crippen MR) is 82.7 cm³/mol. The quantitative estimate of drug-likeness (QED) is 0.605. The summed E-state index contributed by atoms with van der Waals surface area (Å²) >= 11 is -0.564. The van der Waals surface area contributed by atoms with E-state index in [-0.39, 0.29) is 5.56 Å². The Bertz CT molecular complexity index is 924. The molecule has 7 nitrogen and oxygen atoms in total. The Morgan fingerprint density at radius 3 is 2.16 bits per heavy atom. The smallest absolute Gasteiger partial charge is 0.446 e. The zero-order chi connectivity index (χ0) is 18.9. The van der Waals surface area contributed by atoms with Crippen LogP contribution in [0.5, 0.6) is 0 Å². The first-order valence-electron chi connectivity index (χ1n) is 6.40. The molecule has 0 atom stereocenters. The van der Waals surface area contributed by atoms with Gasteiger partial charge in [0.1, 0.15) is 16.9 Å². The van der Waals surface area contributed by atoms with Crippen molar-refractivity contribution in [3.8, 4) is 11.1 Å². The number of thioether (sulfide) groups is 1. The van der Waals surface area contributed by atoms with Gasteiger partial charge in [-0.25, -0.2) is 9.59 Å². The van der Waals surface area contributed by atoms with Gasteiger partial charge >= 0.3 is 17.4 Å². The van der Waals surface area contributed by atoms with Gasteiger partial charge in [-0.15, -0.1) is 0 Å². The number of carbonyl (C=O) groups is 2. The van der Waals surface area contributed by atoms with Crippen molar-refractivity contribution in [1.82, 2.24) is 4.98 Å². The molecule has 0 amide bonds. The molecule has 5 N–H and O–H groups in total. The number of carboxylic acid groups (broad SMARTS) is 2. The molecular weight excluding hydrogens is 365 g/mol. The van der Waals surface area contributed by atoms with Crippen molar-refractivity contribution in [1.29, 1.82) is 0 Å². The molecule has 0 fully saturated rings. The maximum Gasteiger partial charge on any atom is 0.446 e. The molecule has 0 unspecified atom stereocenters. The molecule has 1 aromatic carbocycles. The van der Waals surface area contributed by atoms with Crippen LogP contribution >= 0.6 is 11.8 Å². The SMILES string of the molecule is Nc1[nH]c(=O)c(C(=O)O)c(-c2ccccc2SC(F)(F)F)c1C(=O)O. The molecule has 132 valence electrons. The summed E-state index contributed by atoms with van der Waals surface area (Å²) in [6.07, 6.45) is 0. The van der Waals surface area contributed by atoms with E-state index >= 15 is 0 Å². The van der Waals surface area contributed by atoms with Crippen LogP contribution in [0.2, 0.25) is 0 Å². The second kappa shape index (κ2) is 6.51. The van der Waals surface area contributed by atoms with Crippen LogP contribution in [0, 0.1) is 0 Å². The fourth-order valence-corrected chi connectivity index (χ4v) is 2.88. The summed E-state index contributed by atoms with van der Waals surface area (Å²) < 4.78 is 38.3. The Kier molecular flexibility index (Phi) is 4.79. The van der Waals surface area contributed by atoms with E-state index in [1.807, 2.05) is 4.98 Å². The summed E-state index contributed by atoms with van der Waals surface area (Å²) in [4.78, 5) is 36.2. The number of H-pyrrole nitrogens is 1. The number of aromatic nitrogens is 1. The molecule has 0 radical (unpaired) electrons. The monoisotopic (exact) mass is 374 g/mol. The van der Waals surface area contributed by atoms with Gasteiger partial charge in [-0.3, -0.25) is 4.79 Å². The highest BCUT2D eigenvalue weighted by Gasteiger charge is 2.33. The average Bonchev–Trinajstić information content (AvgIpc) is 2.44. The molecule has 1 heterocycles. The molecule has 0 spiro atoms.